The Morgan fingerprint density at radius 1 is 1.50 bits per heavy atom. The fraction of sp³-hybridized carbons (Fsp3) is 0.889. The number of hydrogen-bond donors (Lipinski definition) is 1. The van der Waals surface area contributed by atoms with Crippen LogP contribution in [-0.4, -0.2) is 24.3 Å². The van der Waals surface area contributed by atoms with E-state index < -0.39 is 11.7 Å². The lowest BCUT2D eigenvalue weighted by molar-refractivity contribution is -0.149. The number of rotatable bonds is 5. The molecule has 0 radical (unpaired) electrons. The lowest BCUT2D eigenvalue weighted by Gasteiger charge is -2.21. The molecular formula is C9H18O3. The van der Waals surface area contributed by atoms with Crippen LogP contribution in [0, 0.1) is 11.3 Å². The maximum Gasteiger partial charge on any atom is 0.156 e. The lowest BCUT2D eigenvalue weighted by atomic mass is 9.97. The summed E-state index contributed by atoms with van der Waals surface area (Å²) in [5.41, 5.74) is -0.504. The van der Waals surface area contributed by atoms with E-state index >= 15 is 0 Å². The molecule has 0 aromatic rings. The van der Waals surface area contributed by atoms with Gasteiger partial charge in [-0.3, -0.25) is 0 Å². The van der Waals surface area contributed by atoms with Crippen LogP contribution in [0.2, 0.25) is 0 Å². The highest BCUT2D eigenvalue weighted by Gasteiger charge is 2.19. The van der Waals surface area contributed by atoms with Gasteiger partial charge in [0.25, 0.3) is 0 Å². The average molecular weight is 174 g/mol. The number of ether oxygens (including phenoxy) is 1. The van der Waals surface area contributed by atoms with E-state index in [-0.39, 0.29) is 12.5 Å². The minimum Gasteiger partial charge on any atom is -0.368 e. The molecule has 0 rings (SSSR count). The van der Waals surface area contributed by atoms with Crippen molar-refractivity contribution in [3.63, 3.8) is 0 Å². The third-order valence-electron chi connectivity index (χ3n) is 1.52. The van der Waals surface area contributed by atoms with E-state index in [0.717, 1.165) is 6.29 Å². The molecule has 1 atom stereocenters. The molecular weight excluding hydrogens is 156 g/mol. The van der Waals surface area contributed by atoms with Crippen LogP contribution in [0.3, 0.4) is 0 Å². The molecule has 0 aliphatic rings. The molecule has 12 heavy (non-hydrogen) atoms. The minimum atomic E-state index is -0.774. The lowest BCUT2D eigenvalue weighted by Crippen LogP contribution is -2.27. The van der Waals surface area contributed by atoms with E-state index in [1.54, 1.807) is 13.8 Å². The van der Waals surface area contributed by atoms with Gasteiger partial charge in [0.05, 0.1) is 6.61 Å². The van der Waals surface area contributed by atoms with Crippen molar-refractivity contribution in [2.45, 2.75) is 34.0 Å². The maximum absolute atomic E-state index is 10.4. The smallest absolute Gasteiger partial charge is 0.156 e. The van der Waals surface area contributed by atoms with Crippen molar-refractivity contribution in [2.75, 3.05) is 6.61 Å². The fourth-order valence-electron chi connectivity index (χ4n) is 0.527. The predicted molar refractivity (Wildman–Crippen MR) is 46.6 cm³/mol. The van der Waals surface area contributed by atoms with Crippen molar-refractivity contribution in [1.82, 2.24) is 0 Å². The van der Waals surface area contributed by atoms with E-state index in [9.17, 15) is 9.90 Å². The summed E-state index contributed by atoms with van der Waals surface area (Å²) < 4.78 is 5.08. The minimum absolute atomic E-state index is 0.0625. The Balaban J connectivity index is 3.75. The number of aliphatic hydroxyl groups excluding tert-OH is 1. The zero-order valence-electron chi connectivity index (χ0n) is 8.20. The molecule has 0 bridgehead atoms. The van der Waals surface area contributed by atoms with Gasteiger partial charge < -0.3 is 14.6 Å². The van der Waals surface area contributed by atoms with Gasteiger partial charge in [0.1, 0.15) is 6.29 Å². The molecule has 1 N–H and O–H groups in total. The van der Waals surface area contributed by atoms with Crippen LogP contribution in [0.5, 0.6) is 0 Å². The zero-order valence-corrected chi connectivity index (χ0v) is 8.20. The van der Waals surface area contributed by atoms with Crippen LogP contribution >= 0.6 is 0 Å². The van der Waals surface area contributed by atoms with E-state index in [1.807, 2.05) is 13.8 Å². The summed E-state index contributed by atoms with van der Waals surface area (Å²) in [5, 5.41) is 9.25. The van der Waals surface area contributed by atoms with E-state index in [4.69, 9.17) is 4.74 Å². The quantitative estimate of drug-likeness (QED) is 0.503. The van der Waals surface area contributed by atoms with Gasteiger partial charge in [0, 0.05) is 11.3 Å². The van der Waals surface area contributed by atoms with Gasteiger partial charge in [0.2, 0.25) is 0 Å². The van der Waals surface area contributed by atoms with Crippen LogP contribution in [0.25, 0.3) is 0 Å². The maximum atomic E-state index is 10.4. The molecule has 0 aliphatic carbocycles. The second-order valence-electron chi connectivity index (χ2n) is 4.05. The molecule has 1 unspecified atom stereocenters. The molecule has 0 spiro atoms. The first-order chi connectivity index (χ1) is 5.39. The Bertz CT molecular complexity index is 141. The standard InChI is InChI=1S/C9H18O3/c1-7(2)8(11)12-6-9(3,4)5-10/h5,7-8,11H,6H2,1-4H3. The van der Waals surface area contributed by atoms with Crippen molar-refractivity contribution >= 4 is 6.29 Å². The second-order valence-corrected chi connectivity index (χ2v) is 4.05. The highest BCUT2D eigenvalue weighted by Crippen LogP contribution is 2.13. The highest BCUT2D eigenvalue weighted by atomic mass is 16.6. The predicted octanol–water partition coefficient (Wildman–Crippen LogP) is 1.20. The normalized spacial score (nSPS) is 14.8. The van der Waals surface area contributed by atoms with Gasteiger partial charge in [-0.25, -0.2) is 0 Å². The second kappa shape index (κ2) is 4.58. The first kappa shape index (κ1) is 11.6. The number of hydrogen-bond acceptors (Lipinski definition) is 3. The fourth-order valence-corrected chi connectivity index (χ4v) is 0.527. The van der Waals surface area contributed by atoms with Crippen LogP contribution in [0.4, 0.5) is 0 Å². The summed E-state index contributed by atoms with van der Waals surface area (Å²) in [6.45, 7) is 7.52. The number of carbonyl (C=O) groups excluding carboxylic acids is 1. The van der Waals surface area contributed by atoms with E-state index in [0.29, 0.717) is 0 Å². The molecule has 0 aromatic heterocycles. The molecule has 72 valence electrons. The third-order valence-corrected chi connectivity index (χ3v) is 1.52. The summed E-state index contributed by atoms with van der Waals surface area (Å²) >= 11 is 0. The first-order valence-corrected chi connectivity index (χ1v) is 4.15. The summed E-state index contributed by atoms with van der Waals surface area (Å²) in [6.07, 6.45) is 0.0595. The SMILES string of the molecule is CC(C)C(O)OCC(C)(C)C=O. The van der Waals surface area contributed by atoms with E-state index in [2.05, 4.69) is 0 Å². The molecule has 0 saturated carbocycles. The molecule has 0 aliphatic heterocycles. The van der Waals surface area contributed by atoms with Crippen molar-refractivity contribution in [1.29, 1.82) is 0 Å². The van der Waals surface area contributed by atoms with Gasteiger partial charge in [-0.05, 0) is 0 Å². The van der Waals surface area contributed by atoms with Gasteiger partial charge >= 0.3 is 0 Å². The summed E-state index contributed by atoms with van der Waals surface area (Å²) in [7, 11) is 0. The molecule has 0 aromatic carbocycles. The molecule has 3 heteroatoms. The highest BCUT2D eigenvalue weighted by molar-refractivity contribution is 5.57. The van der Waals surface area contributed by atoms with Crippen molar-refractivity contribution in [2.24, 2.45) is 11.3 Å². The number of aldehydes is 1. The van der Waals surface area contributed by atoms with Crippen molar-refractivity contribution in [3.05, 3.63) is 0 Å². The number of aliphatic hydroxyl groups is 1. The summed E-state index contributed by atoms with van der Waals surface area (Å²) in [5.74, 6) is 0.0625. The van der Waals surface area contributed by atoms with Crippen LogP contribution in [0.15, 0.2) is 0 Å². The zero-order chi connectivity index (χ0) is 9.78. The molecule has 0 saturated heterocycles. The monoisotopic (exact) mass is 174 g/mol. The Kier molecular flexibility index (Phi) is 4.42. The third kappa shape index (κ3) is 4.46. The molecule has 0 heterocycles. The van der Waals surface area contributed by atoms with Crippen molar-refractivity contribution < 1.29 is 14.6 Å². The summed E-state index contributed by atoms with van der Waals surface area (Å²) in [6, 6.07) is 0. The van der Waals surface area contributed by atoms with Crippen LogP contribution in [-0.2, 0) is 9.53 Å². The Morgan fingerprint density at radius 3 is 2.33 bits per heavy atom. The number of carbonyl (C=O) groups is 1. The Morgan fingerprint density at radius 2 is 2.00 bits per heavy atom. The van der Waals surface area contributed by atoms with Gasteiger partial charge in [-0.1, -0.05) is 27.7 Å². The Labute approximate surface area is 73.7 Å². The van der Waals surface area contributed by atoms with E-state index in [1.165, 1.54) is 0 Å². The Hall–Kier alpha value is -0.410. The van der Waals surface area contributed by atoms with Crippen LogP contribution < -0.4 is 0 Å². The van der Waals surface area contributed by atoms with Gasteiger partial charge in [0.15, 0.2) is 6.29 Å². The van der Waals surface area contributed by atoms with Crippen LogP contribution in [0.1, 0.15) is 27.7 Å². The first-order valence-electron chi connectivity index (χ1n) is 4.15. The molecule has 3 nitrogen and oxygen atoms in total. The van der Waals surface area contributed by atoms with Gasteiger partial charge in [-0.2, -0.15) is 0 Å². The summed E-state index contributed by atoms with van der Waals surface area (Å²) in [4.78, 5) is 10.4. The topological polar surface area (TPSA) is 46.5 Å². The molecule has 0 fully saturated rings. The van der Waals surface area contributed by atoms with Crippen molar-refractivity contribution in [3.8, 4) is 0 Å². The average Bonchev–Trinajstić information content (AvgIpc) is 2.00. The largest absolute Gasteiger partial charge is 0.368 e. The van der Waals surface area contributed by atoms with Gasteiger partial charge in [-0.15, -0.1) is 0 Å². The molecule has 0 amide bonds.